The van der Waals surface area contributed by atoms with E-state index in [2.05, 4.69) is 34.6 Å². The fourth-order valence-corrected chi connectivity index (χ4v) is 3.80. The van der Waals surface area contributed by atoms with Crippen LogP contribution < -0.4 is 11.1 Å². The predicted molar refractivity (Wildman–Crippen MR) is 122 cm³/mol. The van der Waals surface area contributed by atoms with E-state index in [1.165, 1.54) is 10.9 Å². The topological polar surface area (TPSA) is 88.0 Å². The zero-order valence-corrected chi connectivity index (χ0v) is 17.6. The number of hydrogen-bond acceptors (Lipinski definition) is 3. The molecule has 30 heavy (non-hydrogen) atoms. The second kappa shape index (κ2) is 10.7. The Balaban J connectivity index is 1.57. The number of hydrogen-bond donors (Lipinski definition) is 3. The van der Waals surface area contributed by atoms with Crippen LogP contribution >= 0.6 is 0 Å². The van der Waals surface area contributed by atoms with Gasteiger partial charge < -0.3 is 20.8 Å². The van der Waals surface area contributed by atoms with Gasteiger partial charge >= 0.3 is 0 Å². The van der Waals surface area contributed by atoms with Crippen LogP contribution in [0.3, 0.4) is 0 Å². The molecule has 1 aromatic heterocycles. The largest absolute Gasteiger partial charge is 0.354 e. The molecule has 0 spiro atoms. The molecule has 0 saturated carbocycles. The molecule has 0 aliphatic rings. The van der Waals surface area contributed by atoms with Crippen molar-refractivity contribution in [3.05, 3.63) is 60.2 Å². The zero-order valence-electron chi connectivity index (χ0n) is 17.6. The maximum absolute atomic E-state index is 12.4. The van der Waals surface area contributed by atoms with Crippen LogP contribution in [-0.2, 0) is 16.0 Å². The number of para-hydroxylation sites is 1. The van der Waals surface area contributed by atoms with Gasteiger partial charge in [-0.25, -0.2) is 0 Å². The Hall–Kier alpha value is -2.92. The number of nitrogens with two attached hydrogens (primary N) is 1. The number of ketones is 1. The summed E-state index contributed by atoms with van der Waals surface area (Å²) in [5.74, 6) is 0.104. The number of carbonyl (C=O) groups is 2. The summed E-state index contributed by atoms with van der Waals surface area (Å²) in [6.07, 6.45) is 4.64. The number of unbranched alkanes of at least 4 members (excludes halogenated alkanes) is 2. The monoisotopic (exact) mass is 405 g/mol. The standard InChI is InChI=1S/C25H31N3O2/c1-18(29)10-4-2-7-14-22(26)25(30)27-17-16-21-20-13-8-9-15-23(20)28-24(21)19-11-5-3-6-12-19/h3,5-6,8-9,11-13,15,22,28H,2,4,7,10,14,16-17,26H2,1H3,(H,27,30)/t22-/m0/s1. The Kier molecular flexibility index (Phi) is 7.80. The SMILES string of the molecule is CC(=O)CCCCC[C@H](N)C(=O)NCCc1c(-c2ccccc2)[nH]c2ccccc12. The summed E-state index contributed by atoms with van der Waals surface area (Å²) in [5, 5.41) is 4.17. The fourth-order valence-electron chi connectivity index (χ4n) is 3.80. The molecule has 3 rings (SSSR count). The molecular weight excluding hydrogens is 374 g/mol. The van der Waals surface area contributed by atoms with Gasteiger partial charge in [0.05, 0.1) is 6.04 Å². The summed E-state index contributed by atoms with van der Waals surface area (Å²) in [7, 11) is 0. The lowest BCUT2D eigenvalue weighted by Crippen LogP contribution is -2.41. The summed E-state index contributed by atoms with van der Waals surface area (Å²) in [5.41, 5.74) is 10.6. The third-order valence-electron chi connectivity index (χ3n) is 5.43. The van der Waals surface area contributed by atoms with E-state index in [9.17, 15) is 9.59 Å². The molecule has 3 aromatic rings. The first-order valence-electron chi connectivity index (χ1n) is 10.7. The Labute approximate surface area is 178 Å². The Morgan fingerprint density at radius 2 is 1.73 bits per heavy atom. The van der Waals surface area contributed by atoms with E-state index < -0.39 is 6.04 Å². The van der Waals surface area contributed by atoms with Crippen molar-refractivity contribution in [3.63, 3.8) is 0 Å². The minimum atomic E-state index is -0.501. The summed E-state index contributed by atoms with van der Waals surface area (Å²) >= 11 is 0. The van der Waals surface area contributed by atoms with Crippen molar-refractivity contribution >= 4 is 22.6 Å². The number of carbonyl (C=O) groups excluding carboxylic acids is 2. The number of rotatable bonds is 11. The van der Waals surface area contributed by atoms with Crippen molar-refractivity contribution < 1.29 is 9.59 Å². The van der Waals surface area contributed by atoms with Crippen LogP contribution in [0.1, 0.15) is 44.6 Å². The van der Waals surface area contributed by atoms with Crippen molar-refractivity contribution in [1.82, 2.24) is 10.3 Å². The van der Waals surface area contributed by atoms with E-state index in [1.54, 1.807) is 6.92 Å². The number of Topliss-reactive ketones (excluding diaryl/α,β-unsaturated/α-hetero) is 1. The van der Waals surface area contributed by atoms with Crippen LogP contribution in [0.4, 0.5) is 0 Å². The van der Waals surface area contributed by atoms with Crippen molar-refractivity contribution in [1.29, 1.82) is 0 Å². The van der Waals surface area contributed by atoms with Gasteiger partial charge in [-0.05, 0) is 43.4 Å². The van der Waals surface area contributed by atoms with Gasteiger partial charge in [-0.3, -0.25) is 4.79 Å². The first kappa shape index (κ1) is 21.8. The highest BCUT2D eigenvalue weighted by Gasteiger charge is 2.15. The van der Waals surface area contributed by atoms with E-state index in [1.807, 2.05) is 30.3 Å². The van der Waals surface area contributed by atoms with Gasteiger partial charge in [0.15, 0.2) is 0 Å². The number of nitrogens with one attached hydrogen (secondary N) is 2. The molecule has 5 heteroatoms. The van der Waals surface area contributed by atoms with E-state index in [0.29, 0.717) is 19.4 Å². The van der Waals surface area contributed by atoms with Gasteiger partial charge in [0, 0.05) is 29.6 Å². The van der Waals surface area contributed by atoms with Gasteiger partial charge in [-0.2, -0.15) is 0 Å². The normalized spacial score (nSPS) is 12.1. The molecule has 1 heterocycles. The maximum atomic E-state index is 12.4. The number of benzene rings is 2. The minimum absolute atomic E-state index is 0.109. The number of amides is 1. The summed E-state index contributed by atoms with van der Waals surface area (Å²) in [6, 6.07) is 18.0. The van der Waals surface area contributed by atoms with Crippen LogP contribution in [0.25, 0.3) is 22.2 Å². The quantitative estimate of drug-likeness (QED) is 0.414. The average Bonchev–Trinajstić information content (AvgIpc) is 3.12. The molecule has 158 valence electrons. The molecule has 2 aromatic carbocycles. The molecule has 5 nitrogen and oxygen atoms in total. The van der Waals surface area contributed by atoms with Gasteiger partial charge in [0.2, 0.25) is 5.91 Å². The smallest absolute Gasteiger partial charge is 0.236 e. The first-order valence-corrected chi connectivity index (χ1v) is 10.7. The minimum Gasteiger partial charge on any atom is -0.354 e. The Bertz CT molecular complexity index is 978. The van der Waals surface area contributed by atoms with Crippen LogP contribution in [0.5, 0.6) is 0 Å². The molecule has 0 unspecified atom stereocenters. The summed E-state index contributed by atoms with van der Waals surface area (Å²) in [6.45, 7) is 2.15. The van der Waals surface area contributed by atoms with Crippen molar-refractivity contribution in [3.8, 4) is 11.3 Å². The highest BCUT2D eigenvalue weighted by atomic mass is 16.2. The van der Waals surface area contributed by atoms with Crippen molar-refractivity contribution in [2.24, 2.45) is 5.73 Å². The number of aromatic amines is 1. The van der Waals surface area contributed by atoms with Crippen LogP contribution in [0.15, 0.2) is 54.6 Å². The summed E-state index contributed by atoms with van der Waals surface area (Å²) < 4.78 is 0. The molecule has 0 aliphatic heterocycles. The van der Waals surface area contributed by atoms with Crippen LogP contribution in [0.2, 0.25) is 0 Å². The molecule has 4 N–H and O–H groups in total. The highest BCUT2D eigenvalue weighted by molar-refractivity contribution is 5.91. The maximum Gasteiger partial charge on any atom is 0.236 e. The van der Waals surface area contributed by atoms with Gasteiger partial charge in [0.1, 0.15) is 5.78 Å². The average molecular weight is 406 g/mol. The van der Waals surface area contributed by atoms with E-state index in [0.717, 1.165) is 42.5 Å². The first-order chi connectivity index (χ1) is 14.6. The van der Waals surface area contributed by atoms with Gasteiger partial charge in [0.25, 0.3) is 0 Å². The van der Waals surface area contributed by atoms with E-state index in [4.69, 9.17) is 5.73 Å². The molecular formula is C25H31N3O2. The van der Waals surface area contributed by atoms with E-state index >= 15 is 0 Å². The number of fused-ring (bicyclic) bond motifs is 1. The molecule has 0 saturated heterocycles. The Morgan fingerprint density at radius 1 is 1.00 bits per heavy atom. The van der Waals surface area contributed by atoms with E-state index in [-0.39, 0.29) is 11.7 Å². The fraction of sp³-hybridized carbons (Fsp3) is 0.360. The molecule has 0 aliphatic carbocycles. The lowest BCUT2D eigenvalue weighted by Gasteiger charge is -2.12. The molecule has 1 atom stereocenters. The Morgan fingerprint density at radius 3 is 2.50 bits per heavy atom. The number of H-pyrrole nitrogens is 1. The third kappa shape index (κ3) is 5.80. The number of aromatic nitrogens is 1. The second-order valence-corrected chi connectivity index (χ2v) is 7.84. The second-order valence-electron chi connectivity index (χ2n) is 7.84. The summed E-state index contributed by atoms with van der Waals surface area (Å²) in [4.78, 5) is 26.9. The molecule has 0 radical (unpaired) electrons. The predicted octanol–water partition coefficient (Wildman–Crippen LogP) is 4.36. The third-order valence-corrected chi connectivity index (χ3v) is 5.43. The van der Waals surface area contributed by atoms with Gasteiger partial charge in [-0.15, -0.1) is 0 Å². The van der Waals surface area contributed by atoms with Crippen molar-refractivity contribution in [2.45, 2.75) is 51.5 Å². The lowest BCUT2D eigenvalue weighted by atomic mass is 10.0. The zero-order chi connectivity index (χ0) is 21.3. The van der Waals surface area contributed by atoms with Crippen molar-refractivity contribution in [2.75, 3.05) is 6.54 Å². The van der Waals surface area contributed by atoms with Gasteiger partial charge in [-0.1, -0.05) is 61.4 Å². The lowest BCUT2D eigenvalue weighted by molar-refractivity contribution is -0.122. The highest BCUT2D eigenvalue weighted by Crippen LogP contribution is 2.30. The van der Waals surface area contributed by atoms with Crippen LogP contribution in [0, 0.1) is 0 Å². The molecule has 0 fully saturated rings. The molecule has 0 bridgehead atoms. The van der Waals surface area contributed by atoms with Crippen LogP contribution in [-0.4, -0.2) is 29.3 Å². The molecule has 1 amide bonds.